The van der Waals surface area contributed by atoms with Crippen molar-refractivity contribution in [1.29, 1.82) is 0 Å². The molecule has 2 bridgehead atoms. The Kier molecular flexibility index (Phi) is 3.22. The molecule has 0 spiro atoms. The van der Waals surface area contributed by atoms with Gasteiger partial charge in [0.05, 0.1) is 5.69 Å². The molecular weight excluding hydrogens is 266 g/mol. The van der Waals surface area contributed by atoms with E-state index in [0.717, 1.165) is 12.1 Å². The highest BCUT2D eigenvalue weighted by atomic mass is 14.7. The molecule has 1 nitrogen and oxygen atoms in total. The topological polar surface area (TPSA) is 12.9 Å². The van der Waals surface area contributed by atoms with Gasteiger partial charge in [0, 0.05) is 17.1 Å². The Labute approximate surface area is 132 Å². The second-order valence-electron chi connectivity index (χ2n) is 6.60. The van der Waals surface area contributed by atoms with Gasteiger partial charge in [-0.15, -0.1) is 0 Å². The number of hydrogen-bond donors (Lipinski definition) is 0. The molecule has 0 saturated heterocycles. The summed E-state index contributed by atoms with van der Waals surface area (Å²) in [5.74, 6) is 0. The first kappa shape index (κ1) is 13.5. The largest absolute Gasteiger partial charge is 0.256 e. The Morgan fingerprint density at radius 3 is 2.59 bits per heavy atom. The summed E-state index contributed by atoms with van der Waals surface area (Å²) >= 11 is 0. The third-order valence-corrected chi connectivity index (χ3v) is 4.66. The van der Waals surface area contributed by atoms with Gasteiger partial charge in [0.1, 0.15) is 0 Å². The lowest BCUT2D eigenvalue weighted by molar-refractivity contribution is 0.735. The van der Waals surface area contributed by atoms with E-state index in [-0.39, 0.29) is 0 Å². The van der Waals surface area contributed by atoms with E-state index < -0.39 is 0 Å². The summed E-state index contributed by atoms with van der Waals surface area (Å²) in [6, 6.07) is 13.7. The number of pyridine rings is 1. The van der Waals surface area contributed by atoms with Crippen LogP contribution >= 0.6 is 0 Å². The van der Waals surface area contributed by atoms with Gasteiger partial charge in [-0.05, 0) is 74.2 Å². The maximum absolute atomic E-state index is 4.76. The van der Waals surface area contributed by atoms with Crippen LogP contribution in [0.2, 0.25) is 0 Å². The number of nitrogens with zero attached hydrogens (tertiary/aromatic N) is 1. The van der Waals surface area contributed by atoms with Crippen molar-refractivity contribution in [3.05, 3.63) is 64.8 Å². The van der Waals surface area contributed by atoms with E-state index in [1.54, 1.807) is 0 Å². The molecule has 0 radical (unpaired) electrons. The van der Waals surface area contributed by atoms with Crippen LogP contribution in [0.25, 0.3) is 22.0 Å². The molecule has 4 rings (SSSR count). The van der Waals surface area contributed by atoms with E-state index in [2.05, 4.69) is 50.2 Å². The van der Waals surface area contributed by atoms with Gasteiger partial charge in [0.2, 0.25) is 0 Å². The molecule has 1 aromatic heterocycles. The molecule has 1 aliphatic carbocycles. The van der Waals surface area contributed by atoms with E-state index in [9.17, 15) is 0 Å². The fourth-order valence-corrected chi connectivity index (χ4v) is 3.77. The van der Waals surface area contributed by atoms with Crippen molar-refractivity contribution >= 4 is 10.8 Å². The monoisotopic (exact) mass is 287 g/mol. The van der Waals surface area contributed by atoms with E-state index in [1.165, 1.54) is 57.9 Å². The average Bonchev–Trinajstić information content (AvgIpc) is 2.49. The van der Waals surface area contributed by atoms with Crippen molar-refractivity contribution in [2.45, 2.75) is 39.5 Å². The second-order valence-corrected chi connectivity index (χ2v) is 6.60. The number of aryl methyl sites for hydroxylation is 4. The smallest absolute Gasteiger partial charge is 0.0783 e. The van der Waals surface area contributed by atoms with Crippen molar-refractivity contribution in [1.82, 2.24) is 4.98 Å². The zero-order chi connectivity index (χ0) is 15.1. The van der Waals surface area contributed by atoms with Crippen LogP contribution < -0.4 is 0 Å². The van der Waals surface area contributed by atoms with E-state index >= 15 is 0 Å². The van der Waals surface area contributed by atoms with Gasteiger partial charge >= 0.3 is 0 Å². The molecule has 1 aliphatic rings. The fraction of sp³-hybridized carbons (Fsp3) is 0.286. The summed E-state index contributed by atoms with van der Waals surface area (Å²) in [5.41, 5.74) is 8.02. The molecular formula is C21H21N. The summed E-state index contributed by atoms with van der Waals surface area (Å²) in [5, 5.41) is 2.68. The highest BCUT2D eigenvalue weighted by molar-refractivity contribution is 5.97. The normalized spacial score (nSPS) is 14.1. The Hall–Kier alpha value is -2.15. The predicted octanol–water partition coefficient (Wildman–Crippen LogP) is 5.40. The second kappa shape index (κ2) is 5.24. The van der Waals surface area contributed by atoms with Crippen molar-refractivity contribution in [3.8, 4) is 11.3 Å². The summed E-state index contributed by atoms with van der Waals surface area (Å²) in [7, 11) is 0. The molecule has 1 heterocycles. The minimum absolute atomic E-state index is 1.15. The third-order valence-electron chi connectivity index (χ3n) is 4.66. The summed E-state index contributed by atoms with van der Waals surface area (Å²) < 4.78 is 0. The van der Waals surface area contributed by atoms with Crippen molar-refractivity contribution < 1.29 is 0 Å². The zero-order valence-corrected chi connectivity index (χ0v) is 13.3. The maximum atomic E-state index is 4.76. The number of fused-ring (bicyclic) bond motifs is 3. The van der Waals surface area contributed by atoms with E-state index in [1.807, 2.05) is 6.20 Å². The number of benzene rings is 2. The van der Waals surface area contributed by atoms with Crippen LogP contribution in [0.15, 0.2) is 42.6 Å². The third kappa shape index (κ3) is 2.31. The maximum Gasteiger partial charge on any atom is 0.0783 e. The van der Waals surface area contributed by atoms with Crippen LogP contribution in [-0.4, -0.2) is 4.98 Å². The lowest BCUT2D eigenvalue weighted by atomic mass is 9.90. The first-order valence-electron chi connectivity index (χ1n) is 8.20. The highest BCUT2D eigenvalue weighted by Crippen LogP contribution is 2.33. The SMILES string of the molecule is Cc1cc2cc(c1)-c1nccc3cc(C)cc(c13)CCCC2. The molecule has 2 aromatic carbocycles. The molecule has 1 heteroatoms. The van der Waals surface area contributed by atoms with Gasteiger partial charge in [-0.1, -0.05) is 29.3 Å². The lowest BCUT2D eigenvalue weighted by Gasteiger charge is -2.16. The lowest BCUT2D eigenvalue weighted by Crippen LogP contribution is -1.98. The molecule has 0 amide bonds. The van der Waals surface area contributed by atoms with Crippen LogP contribution in [0.5, 0.6) is 0 Å². The Bertz CT molecular complexity index is 861. The molecule has 0 saturated carbocycles. The van der Waals surface area contributed by atoms with Crippen LogP contribution in [0.4, 0.5) is 0 Å². The standard InChI is InChI=1S/C21H21N/c1-14-9-16-5-3-4-6-17-10-15(2)11-18-7-8-22-21(20(17)18)19(12-14)13-16/h7-13H,3-6H2,1-2H3. The van der Waals surface area contributed by atoms with Crippen LogP contribution in [-0.2, 0) is 12.8 Å². The van der Waals surface area contributed by atoms with Gasteiger partial charge < -0.3 is 0 Å². The highest BCUT2D eigenvalue weighted by Gasteiger charge is 2.13. The van der Waals surface area contributed by atoms with Crippen LogP contribution in [0.1, 0.15) is 35.1 Å². The van der Waals surface area contributed by atoms with E-state index in [4.69, 9.17) is 4.98 Å². The first-order chi connectivity index (χ1) is 10.7. The minimum Gasteiger partial charge on any atom is -0.256 e. The van der Waals surface area contributed by atoms with Crippen LogP contribution in [0.3, 0.4) is 0 Å². The first-order valence-corrected chi connectivity index (χ1v) is 8.20. The van der Waals surface area contributed by atoms with Crippen LogP contribution in [0, 0.1) is 13.8 Å². The van der Waals surface area contributed by atoms with Crippen molar-refractivity contribution in [2.75, 3.05) is 0 Å². The molecule has 0 unspecified atom stereocenters. The number of rotatable bonds is 0. The fourth-order valence-electron chi connectivity index (χ4n) is 3.77. The zero-order valence-electron chi connectivity index (χ0n) is 13.3. The van der Waals surface area contributed by atoms with Crippen molar-refractivity contribution in [3.63, 3.8) is 0 Å². The van der Waals surface area contributed by atoms with Gasteiger partial charge in [0.25, 0.3) is 0 Å². The molecule has 0 atom stereocenters. The predicted molar refractivity (Wildman–Crippen MR) is 93.3 cm³/mol. The van der Waals surface area contributed by atoms with Gasteiger partial charge in [-0.25, -0.2) is 0 Å². The quantitative estimate of drug-likeness (QED) is 0.539. The van der Waals surface area contributed by atoms with Gasteiger partial charge in [0.15, 0.2) is 0 Å². The average molecular weight is 287 g/mol. The summed E-state index contributed by atoms with van der Waals surface area (Å²) in [4.78, 5) is 4.76. The van der Waals surface area contributed by atoms with Gasteiger partial charge in [-0.3, -0.25) is 4.98 Å². The Balaban J connectivity index is 2.10. The molecule has 0 aliphatic heterocycles. The van der Waals surface area contributed by atoms with Gasteiger partial charge in [-0.2, -0.15) is 0 Å². The van der Waals surface area contributed by atoms with E-state index in [0.29, 0.717) is 0 Å². The molecule has 0 fully saturated rings. The molecule has 3 aromatic rings. The number of aromatic nitrogens is 1. The molecule has 110 valence electrons. The summed E-state index contributed by atoms with van der Waals surface area (Å²) in [6.45, 7) is 4.38. The van der Waals surface area contributed by atoms with Crippen molar-refractivity contribution in [2.24, 2.45) is 0 Å². The molecule has 0 N–H and O–H groups in total. The summed E-state index contributed by atoms with van der Waals surface area (Å²) in [6.07, 6.45) is 6.78. The Morgan fingerprint density at radius 2 is 1.68 bits per heavy atom. The molecule has 22 heavy (non-hydrogen) atoms. The Morgan fingerprint density at radius 1 is 0.864 bits per heavy atom. The minimum atomic E-state index is 1.15. The number of hydrogen-bond acceptors (Lipinski definition) is 1.